The zero-order chi connectivity index (χ0) is 16.2. The van der Waals surface area contributed by atoms with Gasteiger partial charge in [-0.1, -0.05) is 13.8 Å². The maximum Gasteiger partial charge on any atom is 0.337 e. The maximum atomic E-state index is 11.0. The molecule has 8 nitrogen and oxygen atoms in total. The predicted octanol–water partition coefficient (Wildman–Crippen LogP) is 1.90. The van der Waals surface area contributed by atoms with Crippen LogP contribution in [0.3, 0.4) is 0 Å². The zero-order valence-corrected chi connectivity index (χ0v) is 12.2. The molecular weight excluding hydrogens is 278 g/mol. The Kier molecular flexibility index (Phi) is 5.20. The van der Waals surface area contributed by atoms with Gasteiger partial charge in [0.25, 0.3) is 0 Å². The summed E-state index contributed by atoms with van der Waals surface area (Å²) in [5.41, 5.74) is -1.74. The Morgan fingerprint density at radius 3 is 2.67 bits per heavy atom. The third-order valence-corrected chi connectivity index (χ3v) is 2.80. The molecule has 3 N–H and O–H groups in total. The Morgan fingerprint density at radius 2 is 2.19 bits per heavy atom. The van der Waals surface area contributed by atoms with Crippen molar-refractivity contribution in [3.05, 3.63) is 27.9 Å². The summed E-state index contributed by atoms with van der Waals surface area (Å²) in [6.45, 7) is 5.61. The third-order valence-electron chi connectivity index (χ3n) is 2.80. The molecule has 0 aliphatic carbocycles. The van der Waals surface area contributed by atoms with Gasteiger partial charge in [0, 0.05) is 18.8 Å². The summed E-state index contributed by atoms with van der Waals surface area (Å²) >= 11 is 0. The number of pyridine rings is 1. The Labute approximate surface area is 122 Å². The molecule has 21 heavy (non-hydrogen) atoms. The van der Waals surface area contributed by atoms with Crippen molar-refractivity contribution in [2.24, 2.45) is 5.92 Å². The van der Waals surface area contributed by atoms with Crippen LogP contribution in [-0.2, 0) is 0 Å². The standard InChI is InChI=1S/C13H19N3O5/c1-8(2)5-13(3,19)7-15-11-10(16(20)21)4-9(6-14-11)12(17)18/h4,6,8,19H,5,7H2,1-3H3,(H,14,15)(H,17,18). The van der Waals surface area contributed by atoms with Gasteiger partial charge < -0.3 is 15.5 Å². The van der Waals surface area contributed by atoms with Crippen molar-refractivity contribution in [1.29, 1.82) is 0 Å². The predicted molar refractivity (Wildman–Crippen MR) is 76.4 cm³/mol. The van der Waals surface area contributed by atoms with Crippen LogP contribution in [0.4, 0.5) is 11.5 Å². The summed E-state index contributed by atoms with van der Waals surface area (Å²) in [6, 6.07) is 0.939. The van der Waals surface area contributed by atoms with Gasteiger partial charge in [-0.15, -0.1) is 0 Å². The number of hydrogen-bond acceptors (Lipinski definition) is 6. The molecule has 0 fully saturated rings. The highest BCUT2D eigenvalue weighted by Crippen LogP contribution is 2.24. The second-order valence-corrected chi connectivity index (χ2v) is 5.60. The summed E-state index contributed by atoms with van der Waals surface area (Å²) < 4.78 is 0. The summed E-state index contributed by atoms with van der Waals surface area (Å²) in [5.74, 6) is -1.09. The molecule has 0 saturated carbocycles. The number of nitro groups is 1. The molecule has 1 rings (SSSR count). The first kappa shape index (κ1) is 16.8. The average Bonchev–Trinajstić information content (AvgIpc) is 2.34. The van der Waals surface area contributed by atoms with E-state index in [-0.39, 0.29) is 23.8 Å². The van der Waals surface area contributed by atoms with Crippen molar-refractivity contribution in [3.63, 3.8) is 0 Å². The number of aliphatic hydroxyl groups is 1. The molecule has 0 aliphatic rings. The van der Waals surface area contributed by atoms with E-state index in [1.165, 1.54) is 0 Å². The SMILES string of the molecule is CC(C)CC(C)(O)CNc1ncc(C(=O)O)cc1[N+](=O)[O-]. The number of anilines is 1. The molecule has 0 spiro atoms. The highest BCUT2D eigenvalue weighted by atomic mass is 16.6. The van der Waals surface area contributed by atoms with Crippen LogP contribution >= 0.6 is 0 Å². The first-order valence-electron chi connectivity index (χ1n) is 6.46. The number of hydrogen-bond donors (Lipinski definition) is 3. The lowest BCUT2D eigenvalue weighted by Crippen LogP contribution is -2.35. The summed E-state index contributed by atoms with van der Waals surface area (Å²) in [5, 5.41) is 32.7. The number of carboxylic acids is 1. The van der Waals surface area contributed by atoms with Gasteiger partial charge in [-0.25, -0.2) is 9.78 Å². The van der Waals surface area contributed by atoms with Gasteiger partial charge in [-0.3, -0.25) is 10.1 Å². The van der Waals surface area contributed by atoms with E-state index < -0.39 is 22.2 Å². The van der Waals surface area contributed by atoms with E-state index in [4.69, 9.17) is 5.11 Å². The van der Waals surface area contributed by atoms with Crippen molar-refractivity contribution in [2.45, 2.75) is 32.8 Å². The lowest BCUT2D eigenvalue weighted by molar-refractivity contribution is -0.384. The highest BCUT2D eigenvalue weighted by molar-refractivity contribution is 5.88. The molecule has 0 radical (unpaired) electrons. The van der Waals surface area contributed by atoms with E-state index in [1.54, 1.807) is 6.92 Å². The molecular formula is C13H19N3O5. The zero-order valence-electron chi connectivity index (χ0n) is 12.2. The van der Waals surface area contributed by atoms with Gasteiger partial charge >= 0.3 is 11.7 Å². The number of aromatic nitrogens is 1. The van der Waals surface area contributed by atoms with Gasteiger partial charge in [0.05, 0.1) is 16.1 Å². The quantitative estimate of drug-likeness (QED) is 0.518. The lowest BCUT2D eigenvalue weighted by atomic mass is 9.94. The van der Waals surface area contributed by atoms with Crippen LogP contribution in [0.1, 0.15) is 37.6 Å². The van der Waals surface area contributed by atoms with Gasteiger partial charge in [0.2, 0.25) is 5.82 Å². The smallest absolute Gasteiger partial charge is 0.337 e. The van der Waals surface area contributed by atoms with Crippen molar-refractivity contribution < 1.29 is 19.9 Å². The fourth-order valence-corrected chi connectivity index (χ4v) is 2.07. The van der Waals surface area contributed by atoms with Crippen LogP contribution in [0.25, 0.3) is 0 Å². The molecule has 1 atom stereocenters. The van der Waals surface area contributed by atoms with E-state index in [2.05, 4.69) is 10.3 Å². The number of carboxylic acid groups (broad SMARTS) is 1. The minimum absolute atomic E-state index is 0.0611. The first-order valence-corrected chi connectivity index (χ1v) is 6.46. The largest absolute Gasteiger partial charge is 0.478 e. The third kappa shape index (κ3) is 4.99. The van der Waals surface area contributed by atoms with E-state index in [0.29, 0.717) is 6.42 Å². The molecule has 116 valence electrons. The van der Waals surface area contributed by atoms with Crippen molar-refractivity contribution in [3.8, 4) is 0 Å². The molecule has 1 aromatic rings. The van der Waals surface area contributed by atoms with Crippen LogP contribution in [-0.4, -0.2) is 38.2 Å². The fraction of sp³-hybridized carbons (Fsp3) is 0.538. The molecule has 0 aromatic carbocycles. The maximum absolute atomic E-state index is 11.0. The van der Waals surface area contributed by atoms with Crippen molar-refractivity contribution in [1.82, 2.24) is 4.98 Å². The first-order chi connectivity index (χ1) is 9.62. The Morgan fingerprint density at radius 1 is 1.57 bits per heavy atom. The van der Waals surface area contributed by atoms with E-state index in [0.717, 1.165) is 12.3 Å². The lowest BCUT2D eigenvalue weighted by Gasteiger charge is -2.25. The second kappa shape index (κ2) is 6.49. The van der Waals surface area contributed by atoms with Crippen LogP contribution < -0.4 is 5.32 Å². The van der Waals surface area contributed by atoms with Crippen LogP contribution in [0.15, 0.2) is 12.3 Å². The van der Waals surface area contributed by atoms with Crippen molar-refractivity contribution in [2.75, 3.05) is 11.9 Å². The van der Waals surface area contributed by atoms with Crippen LogP contribution in [0.2, 0.25) is 0 Å². The molecule has 0 amide bonds. The van der Waals surface area contributed by atoms with Gasteiger partial charge in [0.1, 0.15) is 0 Å². The second-order valence-electron chi connectivity index (χ2n) is 5.60. The molecule has 1 aromatic heterocycles. The topological polar surface area (TPSA) is 126 Å². The van der Waals surface area contributed by atoms with E-state index in [1.807, 2.05) is 13.8 Å². The summed E-state index contributed by atoms with van der Waals surface area (Å²) in [4.78, 5) is 24.8. The molecule has 0 bridgehead atoms. The van der Waals surface area contributed by atoms with Crippen molar-refractivity contribution >= 4 is 17.5 Å². The Hall–Kier alpha value is -2.22. The minimum Gasteiger partial charge on any atom is -0.478 e. The van der Waals surface area contributed by atoms with Gasteiger partial charge in [-0.05, 0) is 19.3 Å². The number of rotatable bonds is 7. The number of aromatic carboxylic acids is 1. The Balaban J connectivity index is 2.93. The van der Waals surface area contributed by atoms with E-state index >= 15 is 0 Å². The Bertz CT molecular complexity index is 543. The minimum atomic E-state index is -1.29. The highest BCUT2D eigenvalue weighted by Gasteiger charge is 2.25. The van der Waals surface area contributed by atoms with Gasteiger partial charge in [0.15, 0.2) is 0 Å². The molecule has 1 unspecified atom stereocenters. The molecule has 0 saturated heterocycles. The summed E-state index contributed by atoms with van der Waals surface area (Å²) in [7, 11) is 0. The molecule has 1 heterocycles. The van der Waals surface area contributed by atoms with Crippen LogP contribution in [0.5, 0.6) is 0 Å². The number of nitrogens with zero attached hydrogens (tertiary/aromatic N) is 2. The number of nitrogens with one attached hydrogen (secondary N) is 1. The van der Waals surface area contributed by atoms with Crippen LogP contribution in [0, 0.1) is 16.0 Å². The van der Waals surface area contributed by atoms with Gasteiger partial charge in [-0.2, -0.15) is 0 Å². The molecule has 0 aliphatic heterocycles. The van der Waals surface area contributed by atoms with E-state index in [9.17, 15) is 20.0 Å². The molecule has 8 heteroatoms. The monoisotopic (exact) mass is 297 g/mol. The summed E-state index contributed by atoms with van der Waals surface area (Å²) in [6.07, 6.45) is 1.55. The normalized spacial score (nSPS) is 13.8. The fourth-order valence-electron chi connectivity index (χ4n) is 2.07. The number of carbonyl (C=O) groups is 1. The average molecular weight is 297 g/mol.